The quantitative estimate of drug-likeness (QED) is 0.674. The molecule has 0 spiro atoms. The maximum absolute atomic E-state index is 12.5. The van der Waals surface area contributed by atoms with E-state index in [4.69, 9.17) is 9.47 Å². The van der Waals surface area contributed by atoms with E-state index in [1.165, 1.54) is 4.90 Å². The molecule has 3 rings (SSSR count). The number of piperidine rings is 1. The van der Waals surface area contributed by atoms with Crippen LogP contribution in [0.15, 0.2) is 60.7 Å². The van der Waals surface area contributed by atoms with Gasteiger partial charge in [0.15, 0.2) is 0 Å². The zero-order valence-corrected chi connectivity index (χ0v) is 14.3. The number of likely N-dealkylation sites (tertiary alicyclic amines) is 1. The number of aliphatic hydroxyl groups is 1. The van der Waals surface area contributed by atoms with Crippen molar-refractivity contribution in [2.75, 3.05) is 6.54 Å². The predicted molar refractivity (Wildman–Crippen MR) is 94.4 cm³/mol. The summed E-state index contributed by atoms with van der Waals surface area (Å²) in [4.78, 5) is 26.2. The van der Waals surface area contributed by atoms with Gasteiger partial charge in [0.25, 0.3) is 0 Å². The van der Waals surface area contributed by atoms with Gasteiger partial charge in [0.2, 0.25) is 0 Å². The van der Waals surface area contributed by atoms with Crippen LogP contribution >= 0.6 is 0 Å². The molecule has 0 saturated carbocycles. The van der Waals surface area contributed by atoms with Crippen LogP contribution < -0.4 is 4.74 Å². The maximum Gasteiger partial charge on any atom is 0.410 e. The molecule has 0 radical (unpaired) electrons. The molecule has 136 valence electrons. The fraction of sp³-hybridized carbons (Fsp3) is 0.300. The van der Waals surface area contributed by atoms with Crippen molar-refractivity contribution in [2.45, 2.75) is 31.6 Å². The molecule has 1 N–H and O–H groups in total. The summed E-state index contributed by atoms with van der Waals surface area (Å²) in [5, 5.41) is 9.90. The van der Waals surface area contributed by atoms with Gasteiger partial charge in [-0.05, 0) is 30.5 Å². The number of nitrogens with zero attached hydrogens (tertiary/aromatic N) is 1. The average Bonchev–Trinajstić information content (AvgIpc) is 2.67. The molecule has 6 nitrogen and oxygen atoms in total. The Balaban J connectivity index is 1.65. The van der Waals surface area contributed by atoms with Gasteiger partial charge in [0, 0.05) is 0 Å². The minimum absolute atomic E-state index is 0.0438. The average molecular weight is 355 g/mol. The molecule has 2 atom stereocenters. The SMILES string of the molecule is O=C(Oc1ccccc1)[C@@H]1CC[C@@H](O)CN1C(=O)OCc1ccccc1. The van der Waals surface area contributed by atoms with Gasteiger partial charge >= 0.3 is 12.1 Å². The smallest absolute Gasteiger partial charge is 0.410 e. The van der Waals surface area contributed by atoms with E-state index in [1.54, 1.807) is 24.3 Å². The van der Waals surface area contributed by atoms with Crippen LogP contribution in [-0.2, 0) is 16.1 Å². The molecule has 1 saturated heterocycles. The van der Waals surface area contributed by atoms with Crippen LogP contribution in [0.2, 0.25) is 0 Å². The van der Waals surface area contributed by atoms with E-state index in [0.717, 1.165) is 5.56 Å². The Morgan fingerprint density at radius 1 is 1.00 bits per heavy atom. The van der Waals surface area contributed by atoms with Crippen LogP contribution in [0.25, 0.3) is 0 Å². The van der Waals surface area contributed by atoms with E-state index in [9.17, 15) is 14.7 Å². The first-order valence-corrected chi connectivity index (χ1v) is 8.55. The number of esters is 1. The highest BCUT2D eigenvalue weighted by molar-refractivity contribution is 5.83. The van der Waals surface area contributed by atoms with Crippen LogP contribution in [0.4, 0.5) is 4.79 Å². The lowest BCUT2D eigenvalue weighted by Gasteiger charge is -2.35. The van der Waals surface area contributed by atoms with Gasteiger partial charge in [-0.15, -0.1) is 0 Å². The Kier molecular flexibility index (Phi) is 5.86. The molecular weight excluding hydrogens is 334 g/mol. The zero-order chi connectivity index (χ0) is 18.4. The van der Waals surface area contributed by atoms with E-state index >= 15 is 0 Å². The van der Waals surface area contributed by atoms with Gasteiger partial charge < -0.3 is 14.6 Å². The third kappa shape index (κ3) is 4.61. The molecule has 6 heteroatoms. The summed E-state index contributed by atoms with van der Waals surface area (Å²) in [5.41, 5.74) is 0.849. The second-order valence-corrected chi connectivity index (χ2v) is 6.17. The lowest BCUT2D eigenvalue weighted by atomic mass is 10.0. The number of rotatable bonds is 4. The van der Waals surface area contributed by atoms with Gasteiger partial charge in [0.1, 0.15) is 18.4 Å². The highest BCUT2D eigenvalue weighted by Gasteiger charge is 2.37. The number of carbonyl (C=O) groups is 2. The molecule has 0 aromatic heterocycles. The molecule has 2 aromatic carbocycles. The molecule has 1 amide bonds. The normalized spacial score (nSPS) is 19.7. The summed E-state index contributed by atoms with van der Waals surface area (Å²) in [7, 11) is 0. The van der Waals surface area contributed by atoms with Crippen LogP contribution in [0, 0.1) is 0 Å². The van der Waals surface area contributed by atoms with E-state index in [2.05, 4.69) is 0 Å². The summed E-state index contributed by atoms with van der Waals surface area (Å²) in [5.74, 6) is -0.110. The number of hydrogen-bond donors (Lipinski definition) is 1. The van der Waals surface area contributed by atoms with Crippen molar-refractivity contribution in [3.05, 3.63) is 66.2 Å². The summed E-state index contributed by atoms with van der Waals surface area (Å²) >= 11 is 0. The molecule has 26 heavy (non-hydrogen) atoms. The molecule has 1 heterocycles. The van der Waals surface area contributed by atoms with Crippen molar-refractivity contribution in [1.29, 1.82) is 0 Å². The first-order valence-electron chi connectivity index (χ1n) is 8.55. The zero-order valence-electron chi connectivity index (χ0n) is 14.3. The van der Waals surface area contributed by atoms with Crippen molar-refractivity contribution >= 4 is 12.1 Å². The van der Waals surface area contributed by atoms with Crippen LogP contribution in [0.5, 0.6) is 5.75 Å². The lowest BCUT2D eigenvalue weighted by molar-refractivity contribution is -0.142. The van der Waals surface area contributed by atoms with E-state index < -0.39 is 24.2 Å². The van der Waals surface area contributed by atoms with Crippen molar-refractivity contribution in [1.82, 2.24) is 4.90 Å². The van der Waals surface area contributed by atoms with Gasteiger partial charge in [0.05, 0.1) is 12.6 Å². The largest absolute Gasteiger partial charge is 0.445 e. The number of ether oxygens (including phenoxy) is 2. The van der Waals surface area contributed by atoms with E-state index in [0.29, 0.717) is 18.6 Å². The Morgan fingerprint density at radius 3 is 2.35 bits per heavy atom. The highest BCUT2D eigenvalue weighted by Crippen LogP contribution is 2.21. The molecule has 1 aliphatic heterocycles. The minimum atomic E-state index is -0.776. The van der Waals surface area contributed by atoms with Gasteiger partial charge in [-0.2, -0.15) is 0 Å². The summed E-state index contributed by atoms with van der Waals surface area (Å²) in [6, 6.07) is 17.2. The highest BCUT2D eigenvalue weighted by atomic mass is 16.6. The fourth-order valence-electron chi connectivity index (χ4n) is 2.87. The number of benzene rings is 2. The molecule has 0 bridgehead atoms. The van der Waals surface area contributed by atoms with Crippen molar-refractivity contribution in [3.8, 4) is 5.75 Å². The Hall–Kier alpha value is -2.86. The molecular formula is C20H21NO5. The monoisotopic (exact) mass is 355 g/mol. The Morgan fingerprint density at radius 2 is 1.65 bits per heavy atom. The number of β-amino-alcohol motifs (C(OH)–C–C–N with tert-alkyl or cyclic N) is 1. The summed E-state index contributed by atoms with van der Waals surface area (Å²) < 4.78 is 10.7. The van der Waals surface area contributed by atoms with Crippen molar-refractivity contribution in [3.63, 3.8) is 0 Å². The number of carbonyl (C=O) groups excluding carboxylic acids is 2. The Labute approximate surface area is 152 Å². The van der Waals surface area contributed by atoms with Gasteiger partial charge in [-0.1, -0.05) is 48.5 Å². The topological polar surface area (TPSA) is 76.1 Å². The minimum Gasteiger partial charge on any atom is -0.445 e. The number of para-hydroxylation sites is 1. The fourth-order valence-corrected chi connectivity index (χ4v) is 2.87. The standard InChI is InChI=1S/C20H21NO5/c22-16-11-12-18(19(23)26-17-9-5-2-6-10-17)21(13-16)20(24)25-14-15-7-3-1-4-8-15/h1-10,16,18,22H,11-14H2/t16-,18+/m1/s1. The molecule has 1 aliphatic rings. The van der Waals surface area contributed by atoms with Gasteiger partial charge in [-0.25, -0.2) is 9.59 Å². The maximum atomic E-state index is 12.5. The number of hydrogen-bond acceptors (Lipinski definition) is 5. The lowest BCUT2D eigenvalue weighted by Crippen LogP contribution is -2.53. The second kappa shape index (κ2) is 8.49. The van der Waals surface area contributed by atoms with E-state index in [1.807, 2.05) is 36.4 Å². The molecule has 1 fully saturated rings. The van der Waals surface area contributed by atoms with E-state index in [-0.39, 0.29) is 13.2 Å². The summed E-state index contributed by atoms with van der Waals surface area (Å²) in [6.07, 6.45) is -0.563. The third-order valence-corrected chi connectivity index (χ3v) is 4.23. The first-order chi connectivity index (χ1) is 12.6. The molecule has 0 unspecified atom stereocenters. The molecule has 0 aliphatic carbocycles. The van der Waals surface area contributed by atoms with Crippen molar-refractivity contribution in [2.24, 2.45) is 0 Å². The Bertz CT molecular complexity index is 734. The van der Waals surface area contributed by atoms with Crippen LogP contribution in [-0.4, -0.2) is 40.8 Å². The van der Waals surface area contributed by atoms with Crippen LogP contribution in [0.1, 0.15) is 18.4 Å². The van der Waals surface area contributed by atoms with Crippen LogP contribution in [0.3, 0.4) is 0 Å². The second-order valence-electron chi connectivity index (χ2n) is 6.17. The van der Waals surface area contributed by atoms with Crippen molar-refractivity contribution < 1.29 is 24.2 Å². The number of amides is 1. The predicted octanol–water partition coefficient (Wildman–Crippen LogP) is 2.75. The van der Waals surface area contributed by atoms with Gasteiger partial charge in [-0.3, -0.25) is 4.90 Å². The molecule has 2 aromatic rings. The third-order valence-electron chi connectivity index (χ3n) is 4.23. The summed E-state index contributed by atoms with van der Waals surface area (Å²) in [6.45, 7) is 0.148. The number of aliphatic hydroxyl groups excluding tert-OH is 1. The first kappa shape index (κ1) is 17.9.